The molecule has 2 aromatic rings. The Morgan fingerprint density at radius 1 is 1.22 bits per heavy atom. The minimum atomic E-state index is -3.58. The summed E-state index contributed by atoms with van der Waals surface area (Å²) >= 11 is 7.54. The number of aromatic nitrogens is 1. The molecule has 1 aromatic heterocycles. The van der Waals surface area contributed by atoms with Gasteiger partial charge in [-0.1, -0.05) is 17.7 Å². The minimum Gasteiger partial charge on any atom is -0.356 e. The van der Waals surface area contributed by atoms with Crippen LogP contribution in [0, 0.1) is 13.8 Å². The van der Waals surface area contributed by atoms with Gasteiger partial charge in [0.15, 0.2) is 5.96 Å². The first-order chi connectivity index (χ1) is 12.8. The van der Waals surface area contributed by atoms with Crippen molar-refractivity contribution in [2.75, 3.05) is 26.7 Å². The summed E-state index contributed by atoms with van der Waals surface area (Å²) in [5, 5.41) is 7.74. The van der Waals surface area contributed by atoms with Crippen LogP contribution in [-0.2, 0) is 16.4 Å². The van der Waals surface area contributed by atoms with Gasteiger partial charge in [0.05, 0.1) is 15.6 Å². The molecule has 10 heteroatoms. The summed E-state index contributed by atoms with van der Waals surface area (Å²) in [6, 6.07) is 6.16. The molecule has 0 aliphatic rings. The van der Waals surface area contributed by atoms with Crippen LogP contribution in [0.4, 0.5) is 0 Å². The predicted molar refractivity (Wildman–Crippen MR) is 111 cm³/mol. The van der Waals surface area contributed by atoms with E-state index in [4.69, 9.17) is 11.6 Å². The predicted octanol–water partition coefficient (Wildman–Crippen LogP) is 2.10. The van der Waals surface area contributed by atoms with E-state index >= 15 is 0 Å². The van der Waals surface area contributed by atoms with Crippen molar-refractivity contribution in [3.05, 3.63) is 44.9 Å². The van der Waals surface area contributed by atoms with E-state index in [1.54, 1.807) is 30.5 Å². The summed E-state index contributed by atoms with van der Waals surface area (Å²) in [6.07, 6.45) is 0.807. The van der Waals surface area contributed by atoms with Gasteiger partial charge in [0.1, 0.15) is 0 Å². The van der Waals surface area contributed by atoms with E-state index in [1.807, 2.05) is 6.92 Å². The second kappa shape index (κ2) is 10.0. The molecule has 0 saturated carbocycles. The number of aliphatic imine (C=N–C) groups is 1. The lowest BCUT2D eigenvalue weighted by Crippen LogP contribution is -2.42. The Kier molecular flexibility index (Phi) is 8.03. The molecule has 148 valence electrons. The molecule has 0 radical (unpaired) electrons. The van der Waals surface area contributed by atoms with E-state index in [2.05, 4.69) is 32.3 Å². The van der Waals surface area contributed by atoms with Gasteiger partial charge in [0.2, 0.25) is 10.0 Å². The van der Waals surface area contributed by atoms with Crippen LogP contribution in [0.15, 0.2) is 34.2 Å². The third-order valence-electron chi connectivity index (χ3n) is 3.74. The Hall–Kier alpha value is -1.68. The number of guanidine groups is 1. The van der Waals surface area contributed by atoms with Crippen molar-refractivity contribution in [2.45, 2.75) is 25.2 Å². The van der Waals surface area contributed by atoms with E-state index < -0.39 is 10.0 Å². The number of rotatable bonds is 8. The van der Waals surface area contributed by atoms with Crippen molar-refractivity contribution in [1.82, 2.24) is 20.3 Å². The van der Waals surface area contributed by atoms with Crippen molar-refractivity contribution in [2.24, 2.45) is 4.99 Å². The molecule has 0 saturated heterocycles. The van der Waals surface area contributed by atoms with Crippen LogP contribution in [-0.4, -0.2) is 46.0 Å². The van der Waals surface area contributed by atoms with E-state index in [9.17, 15) is 8.42 Å². The van der Waals surface area contributed by atoms with Crippen molar-refractivity contribution < 1.29 is 8.42 Å². The highest BCUT2D eigenvalue weighted by Gasteiger charge is 2.13. The largest absolute Gasteiger partial charge is 0.356 e. The highest BCUT2D eigenvalue weighted by molar-refractivity contribution is 7.89. The lowest BCUT2D eigenvalue weighted by atomic mass is 10.4. The highest BCUT2D eigenvalue weighted by atomic mass is 35.5. The summed E-state index contributed by atoms with van der Waals surface area (Å²) < 4.78 is 26.9. The second-order valence-corrected chi connectivity index (χ2v) is 9.27. The van der Waals surface area contributed by atoms with Crippen LogP contribution < -0.4 is 15.4 Å². The van der Waals surface area contributed by atoms with Gasteiger partial charge in [0.25, 0.3) is 0 Å². The number of sulfonamides is 1. The Balaban J connectivity index is 1.73. The normalized spacial score (nSPS) is 12.2. The summed E-state index contributed by atoms with van der Waals surface area (Å²) in [4.78, 5) is 10.0. The maximum atomic E-state index is 12.2. The van der Waals surface area contributed by atoms with E-state index in [0.717, 1.165) is 17.1 Å². The SMILES string of the molecule is CN=C(NCCNS(=O)(=O)c1cccc(Cl)c1)NCCc1nc(C)c(C)s1. The first kappa shape index (κ1) is 21.6. The summed E-state index contributed by atoms with van der Waals surface area (Å²) in [5.41, 5.74) is 1.07. The van der Waals surface area contributed by atoms with E-state index in [0.29, 0.717) is 24.1 Å². The van der Waals surface area contributed by atoms with Gasteiger partial charge in [-0.2, -0.15) is 0 Å². The molecule has 1 aromatic carbocycles. The molecule has 3 N–H and O–H groups in total. The topological polar surface area (TPSA) is 95.5 Å². The molecule has 7 nitrogen and oxygen atoms in total. The van der Waals surface area contributed by atoms with Gasteiger partial charge in [0, 0.05) is 43.0 Å². The molecular weight excluding hydrogens is 406 g/mol. The smallest absolute Gasteiger partial charge is 0.240 e. The lowest BCUT2D eigenvalue weighted by Gasteiger charge is -2.12. The molecular formula is C17H24ClN5O2S2. The average Bonchev–Trinajstić information content (AvgIpc) is 2.94. The van der Waals surface area contributed by atoms with Crippen LogP contribution in [0.2, 0.25) is 5.02 Å². The number of hydrogen-bond acceptors (Lipinski definition) is 5. The maximum absolute atomic E-state index is 12.2. The molecule has 0 atom stereocenters. The molecule has 27 heavy (non-hydrogen) atoms. The van der Waals surface area contributed by atoms with Crippen molar-refractivity contribution in [1.29, 1.82) is 0 Å². The fourth-order valence-electron chi connectivity index (χ4n) is 2.24. The molecule has 0 fully saturated rings. The molecule has 0 aliphatic heterocycles. The minimum absolute atomic E-state index is 0.145. The first-order valence-electron chi connectivity index (χ1n) is 8.44. The summed E-state index contributed by atoms with van der Waals surface area (Å²) in [5.74, 6) is 0.613. The molecule has 0 spiro atoms. The van der Waals surface area contributed by atoms with Crippen molar-refractivity contribution in [3.63, 3.8) is 0 Å². The highest BCUT2D eigenvalue weighted by Crippen LogP contribution is 2.16. The third kappa shape index (κ3) is 6.76. The van der Waals surface area contributed by atoms with Crippen LogP contribution in [0.3, 0.4) is 0 Å². The zero-order chi connectivity index (χ0) is 19.9. The monoisotopic (exact) mass is 429 g/mol. The summed E-state index contributed by atoms with van der Waals surface area (Å²) in [7, 11) is -1.91. The fourth-order valence-corrected chi connectivity index (χ4v) is 4.50. The van der Waals surface area contributed by atoms with Crippen LogP contribution >= 0.6 is 22.9 Å². The zero-order valence-electron chi connectivity index (χ0n) is 15.5. The molecule has 2 rings (SSSR count). The molecule has 0 amide bonds. The molecule has 1 heterocycles. The summed E-state index contributed by atoms with van der Waals surface area (Å²) in [6.45, 7) is 5.39. The number of aryl methyl sites for hydroxylation is 2. The standard InChI is InChI=1S/C17H24ClN5O2S2/c1-12-13(2)26-16(23-12)7-8-20-17(19-3)21-9-10-22-27(24,25)15-6-4-5-14(18)11-15/h4-6,11,22H,7-10H2,1-3H3,(H2,19,20,21). The van der Waals surface area contributed by atoms with Crippen molar-refractivity contribution >= 4 is 38.9 Å². The van der Waals surface area contributed by atoms with Crippen LogP contribution in [0.5, 0.6) is 0 Å². The molecule has 0 unspecified atom stereocenters. The number of nitrogens with one attached hydrogen (secondary N) is 3. The Morgan fingerprint density at radius 2 is 1.96 bits per heavy atom. The number of thiazole rings is 1. The Bertz CT molecular complexity index is 877. The Labute approximate surface area is 169 Å². The van der Waals surface area contributed by atoms with Gasteiger partial charge in [-0.3, -0.25) is 4.99 Å². The number of benzene rings is 1. The quantitative estimate of drug-likeness (QED) is 0.339. The number of nitrogens with zero attached hydrogens (tertiary/aromatic N) is 2. The molecule has 0 aliphatic carbocycles. The number of hydrogen-bond donors (Lipinski definition) is 3. The Morgan fingerprint density at radius 3 is 2.59 bits per heavy atom. The van der Waals surface area contributed by atoms with Gasteiger partial charge < -0.3 is 10.6 Å². The van der Waals surface area contributed by atoms with E-state index in [-0.39, 0.29) is 11.4 Å². The van der Waals surface area contributed by atoms with Crippen LogP contribution in [0.25, 0.3) is 0 Å². The third-order valence-corrected chi connectivity index (χ3v) is 6.57. The molecule has 0 bridgehead atoms. The number of halogens is 1. The zero-order valence-corrected chi connectivity index (χ0v) is 17.9. The van der Waals surface area contributed by atoms with Gasteiger partial charge >= 0.3 is 0 Å². The fraction of sp³-hybridized carbons (Fsp3) is 0.412. The first-order valence-corrected chi connectivity index (χ1v) is 11.1. The van der Waals surface area contributed by atoms with Crippen LogP contribution in [0.1, 0.15) is 15.6 Å². The van der Waals surface area contributed by atoms with Gasteiger partial charge in [-0.05, 0) is 32.0 Å². The maximum Gasteiger partial charge on any atom is 0.240 e. The van der Waals surface area contributed by atoms with Crippen molar-refractivity contribution in [3.8, 4) is 0 Å². The lowest BCUT2D eigenvalue weighted by molar-refractivity contribution is 0.580. The van der Waals surface area contributed by atoms with E-state index in [1.165, 1.54) is 17.0 Å². The second-order valence-electron chi connectivity index (χ2n) is 5.78. The average molecular weight is 430 g/mol. The van der Waals surface area contributed by atoms with Gasteiger partial charge in [-0.25, -0.2) is 18.1 Å². The van der Waals surface area contributed by atoms with Gasteiger partial charge in [-0.15, -0.1) is 11.3 Å².